The van der Waals surface area contributed by atoms with Crippen LogP contribution in [0.25, 0.3) is 5.65 Å². The molecule has 2 aromatic heterocycles. The van der Waals surface area contributed by atoms with Gasteiger partial charge in [0, 0.05) is 25.8 Å². The molecule has 0 saturated heterocycles. The lowest BCUT2D eigenvalue weighted by molar-refractivity contribution is 0.0815. The fraction of sp³-hybridized carbons (Fsp3) is 0.333. The molecule has 1 unspecified atom stereocenters. The van der Waals surface area contributed by atoms with Gasteiger partial charge in [0.15, 0.2) is 0 Å². The largest absolute Gasteiger partial charge is 0.395 e. The lowest BCUT2D eigenvalue weighted by Gasteiger charge is -2.17. The zero-order valence-electron chi connectivity index (χ0n) is 16.9. The highest BCUT2D eigenvalue weighted by Gasteiger charge is 2.19. The van der Waals surface area contributed by atoms with Crippen molar-refractivity contribution < 1.29 is 9.53 Å². The topological polar surface area (TPSA) is 106 Å². The van der Waals surface area contributed by atoms with Crippen molar-refractivity contribution in [3.63, 3.8) is 0 Å². The molecule has 4 rings (SSSR count). The van der Waals surface area contributed by atoms with E-state index in [1.54, 1.807) is 0 Å². The van der Waals surface area contributed by atoms with E-state index in [1.165, 1.54) is 0 Å². The van der Waals surface area contributed by atoms with Crippen molar-refractivity contribution in [1.29, 1.82) is 0 Å². The molecule has 29 heavy (non-hydrogen) atoms. The van der Waals surface area contributed by atoms with Gasteiger partial charge in [-0.3, -0.25) is 9.20 Å². The summed E-state index contributed by atoms with van der Waals surface area (Å²) in [5, 5.41) is 9.56. The van der Waals surface area contributed by atoms with Crippen LogP contribution in [0.15, 0.2) is 30.5 Å². The van der Waals surface area contributed by atoms with Gasteiger partial charge in [0.05, 0.1) is 36.0 Å². The molecule has 1 aromatic carbocycles. The van der Waals surface area contributed by atoms with Crippen molar-refractivity contribution in [3.8, 4) is 0 Å². The van der Waals surface area contributed by atoms with Gasteiger partial charge in [0.1, 0.15) is 11.3 Å². The molecule has 8 heteroatoms. The highest BCUT2D eigenvalue weighted by molar-refractivity contribution is 5.94. The molecule has 152 valence electrons. The summed E-state index contributed by atoms with van der Waals surface area (Å²) in [5.74, 6) is -0.159. The summed E-state index contributed by atoms with van der Waals surface area (Å²) in [6.07, 6.45) is 1.94. The lowest BCUT2D eigenvalue weighted by Crippen LogP contribution is -2.36. The van der Waals surface area contributed by atoms with Gasteiger partial charge in [0.2, 0.25) is 0 Å². The number of benzene rings is 1. The van der Waals surface area contributed by atoms with Crippen LogP contribution in [0, 0.1) is 6.92 Å². The van der Waals surface area contributed by atoms with Crippen molar-refractivity contribution in [2.45, 2.75) is 33.0 Å². The Morgan fingerprint density at radius 3 is 2.93 bits per heavy atom. The van der Waals surface area contributed by atoms with E-state index in [4.69, 9.17) is 10.5 Å². The number of nitrogens with one attached hydrogen (secondary N) is 3. The number of imidazole rings is 1. The van der Waals surface area contributed by atoms with Crippen LogP contribution in [0.4, 0.5) is 17.1 Å². The molecular weight excluding hydrogens is 368 g/mol. The zero-order chi connectivity index (χ0) is 20.5. The van der Waals surface area contributed by atoms with Crippen molar-refractivity contribution in [1.82, 2.24) is 14.7 Å². The second kappa shape index (κ2) is 7.63. The van der Waals surface area contributed by atoms with Crippen LogP contribution in [0.2, 0.25) is 0 Å². The minimum Gasteiger partial charge on any atom is -0.395 e. The first kappa shape index (κ1) is 19.1. The normalized spacial score (nSPS) is 17.3. The Labute approximate surface area is 169 Å². The van der Waals surface area contributed by atoms with E-state index in [0.29, 0.717) is 36.8 Å². The Morgan fingerprint density at radius 2 is 2.14 bits per heavy atom. The quantitative estimate of drug-likeness (QED) is 0.473. The van der Waals surface area contributed by atoms with Gasteiger partial charge >= 0.3 is 0 Å². The molecular formula is C21H26N6O2. The monoisotopic (exact) mass is 394 g/mol. The van der Waals surface area contributed by atoms with Gasteiger partial charge in [-0.1, -0.05) is 6.07 Å². The molecule has 1 aliphatic rings. The molecule has 3 aromatic rings. The molecule has 0 fully saturated rings. The molecule has 0 aliphatic carbocycles. The predicted molar refractivity (Wildman–Crippen MR) is 114 cm³/mol. The number of fused-ring (bicyclic) bond motifs is 3. The number of amides is 1. The number of aromatic nitrogens is 2. The van der Waals surface area contributed by atoms with Gasteiger partial charge in [-0.05, 0) is 43.2 Å². The summed E-state index contributed by atoms with van der Waals surface area (Å²) in [7, 11) is 1.84. The number of nitrogen functional groups attached to an aromatic ring is 1. The standard InChI is InChI=1S/C21H26N6O2/c1-12-10-29-11-15-6-16(23-3)19(22)17(7-15)24-8-14-4-5-18-26-13(2)20(21(28)25-12)27(18)9-14/h4-7,9,12,23-24H,8,10-11,22H2,1-3H3,(H,25,28). The highest BCUT2D eigenvalue weighted by atomic mass is 16.5. The van der Waals surface area contributed by atoms with Crippen molar-refractivity contribution in [2.75, 3.05) is 30.0 Å². The molecule has 1 atom stereocenters. The first-order valence-electron chi connectivity index (χ1n) is 9.66. The average molecular weight is 394 g/mol. The van der Waals surface area contributed by atoms with E-state index in [1.807, 2.05) is 55.8 Å². The second-order valence-electron chi connectivity index (χ2n) is 7.41. The van der Waals surface area contributed by atoms with E-state index in [0.717, 1.165) is 28.1 Å². The van der Waals surface area contributed by atoms with Crippen LogP contribution in [0.5, 0.6) is 0 Å². The van der Waals surface area contributed by atoms with Crippen molar-refractivity contribution >= 4 is 28.6 Å². The fourth-order valence-electron chi connectivity index (χ4n) is 3.62. The third kappa shape index (κ3) is 3.71. The summed E-state index contributed by atoms with van der Waals surface area (Å²) in [4.78, 5) is 17.4. The minimum absolute atomic E-state index is 0.143. The number of rotatable bonds is 1. The first-order chi connectivity index (χ1) is 14.0. The Morgan fingerprint density at radius 1 is 1.31 bits per heavy atom. The van der Waals surface area contributed by atoms with E-state index in [9.17, 15) is 4.79 Å². The third-order valence-corrected chi connectivity index (χ3v) is 5.08. The van der Waals surface area contributed by atoms with E-state index in [-0.39, 0.29) is 11.9 Å². The SMILES string of the molecule is CNc1cc2cc(c1N)NCc1ccc3nc(C)c(n3c1)C(=O)NC(C)COC2. The molecule has 4 bridgehead atoms. The van der Waals surface area contributed by atoms with E-state index >= 15 is 0 Å². The number of carbonyl (C=O) groups is 1. The third-order valence-electron chi connectivity index (χ3n) is 5.08. The van der Waals surface area contributed by atoms with Crippen LogP contribution in [0.1, 0.15) is 34.2 Å². The van der Waals surface area contributed by atoms with Crippen LogP contribution in [0.3, 0.4) is 0 Å². The molecule has 0 spiro atoms. The summed E-state index contributed by atoms with van der Waals surface area (Å²) in [6, 6.07) is 7.76. The molecule has 1 amide bonds. The minimum atomic E-state index is -0.159. The summed E-state index contributed by atoms with van der Waals surface area (Å²) in [5.41, 5.74) is 12.7. The van der Waals surface area contributed by atoms with E-state index in [2.05, 4.69) is 20.9 Å². The van der Waals surface area contributed by atoms with Gasteiger partial charge < -0.3 is 26.4 Å². The first-order valence-corrected chi connectivity index (χ1v) is 9.66. The molecule has 3 heterocycles. The number of hydrogen-bond donors (Lipinski definition) is 4. The van der Waals surface area contributed by atoms with Crippen LogP contribution >= 0.6 is 0 Å². The Kier molecular flexibility index (Phi) is 5.02. The maximum Gasteiger partial charge on any atom is 0.270 e. The number of pyridine rings is 1. The molecule has 0 radical (unpaired) electrons. The highest BCUT2D eigenvalue weighted by Crippen LogP contribution is 2.30. The maximum absolute atomic E-state index is 12.9. The molecule has 8 nitrogen and oxygen atoms in total. The number of carbonyl (C=O) groups excluding carboxylic acids is 1. The van der Waals surface area contributed by atoms with Gasteiger partial charge in [-0.2, -0.15) is 0 Å². The zero-order valence-corrected chi connectivity index (χ0v) is 16.9. The number of hydrogen-bond acceptors (Lipinski definition) is 6. The average Bonchev–Trinajstić information content (AvgIpc) is 3.02. The van der Waals surface area contributed by atoms with Crippen molar-refractivity contribution in [2.24, 2.45) is 0 Å². The van der Waals surface area contributed by atoms with Gasteiger partial charge in [-0.15, -0.1) is 0 Å². The number of nitrogens with zero attached hydrogens (tertiary/aromatic N) is 2. The lowest BCUT2D eigenvalue weighted by atomic mass is 10.1. The van der Waals surface area contributed by atoms with E-state index < -0.39 is 0 Å². The fourth-order valence-corrected chi connectivity index (χ4v) is 3.62. The number of aryl methyl sites for hydroxylation is 1. The number of ether oxygens (including phenoxy) is 1. The molecule has 5 N–H and O–H groups in total. The number of anilines is 3. The van der Waals surface area contributed by atoms with Crippen LogP contribution in [-0.4, -0.2) is 35.0 Å². The number of nitrogens with two attached hydrogens (primary N) is 1. The summed E-state index contributed by atoms with van der Waals surface area (Å²) in [6.45, 7) is 5.15. The molecule has 1 aliphatic heterocycles. The van der Waals surface area contributed by atoms with Crippen LogP contribution < -0.4 is 21.7 Å². The van der Waals surface area contributed by atoms with Gasteiger partial charge in [-0.25, -0.2) is 4.98 Å². The maximum atomic E-state index is 12.9. The van der Waals surface area contributed by atoms with Crippen molar-refractivity contribution in [3.05, 3.63) is 53.0 Å². The Bertz CT molecular complexity index is 1070. The predicted octanol–water partition coefficient (Wildman–Crippen LogP) is 2.53. The van der Waals surface area contributed by atoms with Gasteiger partial charge in [0.25, 0.3) is 5.91 Å². The summed E-state index contributed by atoms with van der Waals surface area (Å²) < 4.78 is 7.69. The summed E-state index contributed by atoms with van der Waals surface area (Å²) >= 11 is 0. The Hall–Kier alpha value is -3.26. The Balaban J connectivity index is 1.78. The second-order valence-corrected chi connectivity index (χ2v) is 7.41. The smallest absolute Gasteiger partial charge is 0.270 e. The van der Waals surface area contributed by atoms with Crippen LogP contribution in [-0.2, 0) is 17.9 Å². The molecule has 0 saturated carbocycles.